The van der Waals surface area contributed by atoms with Crippen molar-refractivity contribution >= 4 is 12.0 Å². The number of hydrogen-bond acceptors (Lipinski definition) is 6. The number of benzene rings is 1. The molecule has 1 aliphatic heterocycles. The lowest BCUT2D eigenvalue weighted by Gasteiger charge is -2.27. The van der Waals surface area contributed by atoms with Gasteiger partial charge >= 0.3 is 6.09 Å². The first-order valence-electron chi connectivity index (χ1n) is 9.85. The Balaban J connectivity index is 1.62. The van der Waals surface area contributed by atoms with Gasteiger partial charge in [0.05, 0.1) is 5.41 Å². The summed E-state index contributed by atoms with van der Waals surface area (Å²) in [5.41, 5.74) is -0.861. The fourth-order valence-corrected chi connectivity index (χ4v) is 3.22. The second-order valence-corrected chi connectivity index (χ2v) is 8.87. The second kappa shape index (κ2) is 8.04. The van der Waals surface area contributed by atoms with Crippen molar-refractivity contribution in [3.8, 4) is 11.4 Å². The maximum absolute atomic E-state index is 13.4. The molecule has 1 saturated heterocycles. The highest BCUT2D eigenvalue weighted by Crippen LogP contribution is 2.32. The third-order valence-corrected chi connectivity index (χ3v) is 4.92. The molecule has 0 unspecified atom stereocenters. The van der Waals surface area contributed by atoms with Crippen molar-refractivity contribution in [1.29, 1.82) is 0 Å². The summed E-state index contributed by atoms with van der Waals surface area (Å²) < 4.78 is 24.0. The predicted octanol–water partition coefficient (Wildman–Crippen LogP) is 3.70. The van der Waals surface area contributed by atoms with Crippen LogP contribution in [0.25, 0.3) is 11.4 Å². The first-order chi connectivity index (χ1) is 14.0. The molecule has 0 aliphatic carbocycles. The Bertz CT molecular complexity index is 939. The molecule has 2 atom stereocenters. The van der Waals surface area contributed by atoms with Crippen LogP contribution < -0.4 is 5.32 Å². The Labute approximate surface area is 174 Å². The standard InChI is InChI=1S/C21H27FN4O4/c1-13(17-24-16(25-30-17)14-7-6-8-15(22)11-14)23-18(27)21(5)9-10-26(12-21)19(28)29-20(2,3)4/h6-8,11,13H,9-10,12H2,1-5H3,(H,23,27)/t13-,21-/m0/s1. The Hall–Kier alpha value is -2.97. The topological polar surface area (TPSA) is 97.6 Å². The van der Waals surface area contributed by atoms with E-state index >= 15 is 0 Å². The number of aromatic nitrogens is 2. The number of rotatable bonds is 4. The monoisotopic (exact) mass is 418 g/mol. The predicted molar refractivity (Wildman–Crippen MR) is 107 cm³/mol. The van der Waals surface area contributed by atoms with Gasteiger partial charge in [0.25, 0.3) is 0 Å². The van der Waals surface area contributed by atoms with E-state index in [4.69, 9.17) is 9.26 Å². The largest absolute Gasteiger partial charge is 0.444 e. The molecule has 0 saturated carbocycles. The van der Waals surface area contributed by atoms with Gasteiger partial charge in [-0.05, 0) is 53.2 Å². The zero-order valence-electron chi connectivity index (χ0n) is 17.9. The highest BCUT2D eigenvalue weighted by Gasteiger charge is 2.43. The Morgan fingerprint density at radius 3 is 2.77 bits per heavy atom. The molecule has 162 valence electrons. The molecule has 1 fully saturated rings. The van der Waals surface area contributed by atoms with Crippen LogP contribution in [0.1, 0.15) is 53.0 Å². The van der Waals surface area contributed by atoms with Gasteiger partial charge in [-0.2, -0.15) is 4.98 Å². The zero-order chi connectivity index (χ0) is 22.1. The molecular weight excluding hydrogens is 391 g/mol. The molecule has 1 aromatic heterocycles. The lowest BCUT2D eigenvalue weighted by molar-refractivity contribution is -0.130. The molecule has 2 amide bonds. The van der Waals surface area contributed by atoms with E-state index < -0.39 is 29.0 Å². The van der Waals surface area contributed by atoms with E-state index in [1.165, 1.54) is 12.1 Å². The molecule has 9 heteroatoms. The number of nitrogens with zero attached hydrogens (tertiary/aromatic N) is 3. The third kappa shape index (κ3) is 4.95. The van der Waals surface area contributed by atoms with Crippen LogP contribution >= 0.6 is 0 Å². The van der Waals surface area contributed by atoms with Crippen molar-refractivity contribution in [2.45, 2.75) is 52.7 Å². The van der Waals surface area contributed by atoms with Crippen molar-refractivity contribution in [3.05, 3.63) is 36.0 Å². The molecule has 0 bridgehead atoms. The average Bonchev–Trinajstić information content (AvgIpc) is 3.28. The van der Waals surface area contributed by atoms with Gasteiger partial charge in [0.2, 0.25) is 17.6 Å². The quantitative estimate of drug-likeness (QED) is 0.813. The van der Waals surface area contributed by atoms with Crippen LogP contribution in [0.3, 0.4) is 0 Å². The summed E-state index contributed by atoms with van der Waals surface area (Å²) in [6.45, 7) is 9.65. The van der Waals surface area contributed by atoms with Crippen molar-refractivity contribution in [3.63, 3.8) is 0 Å². The SMILES string of the molecule is C[C@H](NC(=O)[C@@]1(C)CCN(C(=O)OC(C)(C)C)C1)c1nc(-c2cccc(F)c2)no1. The number of hydrogen-bond donors (Lipinski definition) is 1. The summed E-state index contributed by atoms with van der Waals surface area (Å²) >= 11 is 0. The van der Waals surface area contributed by atoms with Crippen LogP contribution in [0.2, 0.25) is 0 Å². The van der Waals surface area contributed by atoms with E-state index in [2.05, 4.69) is 15.5 Å². The van der Waals surface area contributed by atoms with Gasteiger partial charge in [0.15, 0.2) is 0 Å². The first-order valence-corrected chi connectivity index (χ1v) is 9.85. The molecular formula is C21H27FN4O4. The number of carbonyl (C=O) groups is 2. The summed E-state index contributed by atoms with van der Waals surface area (Å²) in [5, 5.41) is 6.74. The smallest absolute Gasteiger partial charge is 0.410 e. The van der Waals surface area contributed by atoms with Crippen LogP contribution in [0.5, 0.6) is 0 Å². The maximum atomic E-state index is 13.4. The minimum Gasteiger partial charge on any atom is -0.444 e. The molecule has 1 N–H and O–H groups in total. The van der Waals surface area contributed by atoms with Gasteiger partial charge in [0, 0.05) is 18.7 Å². The molecule has 2 heterocycles. The van der Waals surface area contributed by atoms with Crippen LogP contribution in [0.4, 0.5) is 9.18 Å². The lowest BCUT2D eigenvalue weighted by atomic mass is 9.88. The Morgan fingerprint density at radius 1 is 1.37 bits per heavy atom. The fourth-order valence-electron chi connectivity index (χ4n) is 3.22. The van der Waals surface area contributed by atoms with Crippen molar-refractivity contribution in [2.24, 2.45) is 5.41 Å². The summed E-state index contributed by atoms with van der Waals surface area (Å²) in [6.07, 6.45) is 0.0899. The lowest BCUT2D eigenvalue weighted by Crippen LogP contribution is -2.43. The van der Waals surface area contributed by atoms with E-state index in [1.54, 1.807) is 44.7 Å². The molecule has 30 heavy (non-hydrogen) atoms. The molecule has 8 nitrogen and oxygen atoms in total. The summed E-state index contributed by atoms with van der Waals surface area (Å²) in [6, 6.07) is 5.33. The molecule has 3 rings (SSSR count). The normalized spacial score (nSPS) is 20.1. The Morgan fingerprint density at radius 2 is 2.10 bits per heavy atom. The van der Waals surface area contributed by atoms with Gasteiger partial charge in [-0.25, -0.2) is 9.18 Å². The van der Waals surface area contributed by atoms with Gasteiger partial charge in [-0.3, -0.25) is 4.79 Å². The summed E-state index contributed by atoms with van der Waals surface area (Å²) in [5.74, 6) is -0.155. The van der Waals surface area contributed by atoms with E-state index in [-0.39, 0.29) is 24.2 Å². The molecule has 0 spiro atoms. The minimum absolute atomic E-state index is 0.216. The highest BCUT2D eigenvalue weighted by molar-refractivity contribution is 5.84. The second-order valence-electron chi connectivity index (χ2n) is 8.87. The number of likely N-dealkylation sites (tertiary alicyclic amines) is 1. The van der Waals surface area contributed by atoms with Gasteiger partial charge in [-0.15, -0.1) is 0 Å². The molecule has 1 aromatic carbocycles. The minimum atomic E-state index is -0.753. The number of carbonyl (C=O) groups excluding carboxylic acids is 2. The van der Waals surface area contributed by atoms with Crippen molar-refractivity contribution in [1.82, 2.24) is 20.4 Å². The summed E-state index contributed by atoms with van der Waals surface area (Å²) in [4.78, 5) is 31.0. The zero-order valence-corrected chi connectivity index (χ0v) is 17.9. The van der Waals surface area contributed by atoms with E-state index in [9.17, 15) is 14.0 Å². The number of nitrogens with one attached hydrogen (secondary N) is 1. The molecule has 2 aromatic rings. The van der Waals surface area contributed by atoms with Crippen molar-refractivity contribution < 1.29 is 23.2 Å². The third-order valence-electron chi connectivity index (χ3n) is 4.92. The number of halogens is 1. The first kappa shape index (κ1) is 21.7. The Kier molecular flexibility index (Phi) is 5.83. The van der Waals surface area contributed by atoms with Crippen LogP contribution in [-0.4, -0.2) is 45.7 Å². The fraction of sp³-hybridized carbons (Fsp3) is 0.524. The van der Waals surface area contributed by atoms with Crippen LogP contribution in [0.15, 0.2) is 28.8 Å². The van der Waals surface area contributed by atoms with Gasteiger partial charge < -0.3 is 19.5 Å². The molecule has 0 radical (unpaired) electrons. The van der Waals surface area contributed by atoms with Crippen LogP contribution in [-0.2, 0) is 9.53 Å². The number of amides is 2. The summed E-state index contributed by atoms with van der Waals surface area (Å²) in [7, 11) is 0. The van der Waals surface area contributed by atoms with Gasteiger partial charge in [-0.1, -0.05) is 17.3 Å². The maximum Gasteiger partial charge on any atom is 0.410 e. The average molecular weight is 418 g/mol. The van der Waals surface area contributed by atoms with Gasteiger partial charge in [0.1, 0.15) is 17.5 Å². The van der Waals surface area contributed by atoms with Crippen molar-refractivity contribution in [2.75, 3.05) is 13.1 Å². The van der Waals surface area contributed by atoms with Crippen LogP contribution in [0, 0.1) is 11.2 Å². The highest BCUT2D eigenvalue weighted by atomic mass is 19.1. The number of ether oxygens (including phenoxy) is 1. The molecule has 1 aliphatic rings. The van der Waals surface area contributed by atoms with E-state index in [0.717, 1.165) is 0 Å². The van der Waals surface area contributed by atoms with E-state index in [0.29, 0.717) is 18.5 Å². The van der Waals surface area contributed by atoms with E-state index in [1.807, 2.05) is 6.92 Å².